The number of nitrogens with zero attached hydrogens (tertiary/aromatic N) is 2. The van der Waals surface area contributed by atoms with Gasteiger partial charge < -0.3 is 15.5 Å². The molecule has 1 fully saturated rings. The van der Waals surface area contributed by atoms with Gasteiger partial charge in [0.2, 0.25) is 0 Å². The summed E-state index contributed by atoms with van der Waals surface area (Å²) in [5, 5.41) is 7.90. The molecule has 166 valence electrons. The summed E-state index contributed by atoms with van der Waals surface area (Å²) in [7, 11) is 0. The maximum absolute atomic E-state index is 14.0. The van der Waals surface area contributed by atoms with Gasteiger partial charge in [0, 0.05) is 36.3 Å². The van der Waals surface area contributed by atoms with Gasteiger partial charge in [0.1, 0.15) is 16.5 Å². The molecule has 32 heavy (non-hydrogen) atoms. The van der Waals surface area contributed by atoms with Crippen LogP contribution in [0.15, 0.2) is 53.9 Å². The van der Waals surface area contributed by atoms with Crippen LogP contribution in [0, 0.1) is 18.7 Å². The number of nitrogens with one attached hydrogen (secondary N) is 2. The molecule has 8 heteroatoms. The van der Waals surface area contributed by atoms with E-state index in [1.807, 2.05) is 31.2 Å². The average molecular weight is 453 g/mol. The van der Waals surface area contributed by atoms with E-state index in [1.165, 1.54) is 17.4 Å². The van der Waals surface area contributed by atoms with E-state index in [0.717, 1.165) is 24.1 Å². The van der Waals surface area contributed by atoms with E-state index in [4.69, 9.17) is 0 Å². The number of benzene rings is 2. The second kappa shape index (κ2) is 9.91. The fourth-order valence-corrected chi connectivity index (χ4v) is 4.58. The monoisotopic (exact) mass is 452 g/mol. The van der Waals surface area contributed by atoms with Gasteiger partial charge in [-0.15, -0.1) is 11.3 Å². The molecular weight excluding hydrogens is 427 g/mol. The molecule has 0 bridgehead atoms. The molecule has 1 saturated heterocycles. The number of urea groups is 1. The van der Waals surface area contributed by atoms with Crippen LogP contribution in [-0.4, -0.2) is 41.5 Å². The number of halogens is 1. The quantitative estimate of drug-likeness (QED) is 0.576. The smallest absolute Gasteiger partial charge is 0.319 e. The third kappa shape index (κ3) is 5.31. The highest BCUT2D eigenvalue weighted by molar-refractivity contribution is 7.13. The van der Waals surface area contributed by atoms with Gasteiger partial charge in [-0.3, -0.25) is 4.79 Å². The molecule has 1 aliphatic heterocycles. The lowest BCUT2D eigenvalue weighted by Gasteiger charge is -2.32. The Morgan fingerprint density at radius 1 is 1.19 bits per heavy atom. The number of thiazole rings is 1. The van der Waals surface area contributed by atoms with Crippen molar-refractivity contribution in [2.75, 3.05) is 25.0 Å². The van der Waals surface area contributed by atoms with Crippen molar-refractivity contribution in [3.63, 3.8) is 0 Å². The Balaban J connectivity index is 1.31. The first-order chi connectivity index (χ1) is 15.5. The second-order valence-corrected chi connectivity index (χ2v) is 8.84. The lowest BCUT2D eigenvalue weighted by Crippen LogP contribution is -2.44. The van der Waals surface area contributed by atoms with Crippen LogP contribution in [0.4, 0.5) is 14.9 Å². The number of anilines is 1. The van der Waals surface area contributed by atoms with E-state index in [2.05, 4.69) is 15.6 Å². The molecule has 4 rings (SSSR count). The number of likely N-dealkylation sites (tertiary alicyclic amines) is 1. The van der Waals surface area contributed by atoms with Gasteiger partial charge in [-0.25, -0.2) is 14.2 Å². The van der Waals surface area contributed by atoms with Crippen LogP contribution < -0.4 is 10.6 Å². The Bertz CT molecular complexity index is 1100. The first-order valence-electron chi connectivity index (χ1n) is 10.6. The molecule has 1 aromatic heterocycles. The molecule has 2 N–H and O–H groups in total. The SMILES string of the molecule is Cc1ccc(NC(=O)NCC2CCCN(C(=O)c3csc(-c4ccccc4F)n3)C2)cc1. The van der Waals surface area contributed by atoms with Crippen molar-refractivity contribution in [1.82, 2.24) is 15.2 Å². The van der Waals surface area contributed by atoms with E-state index < -0.39 is 0 Å². The topological polar surface area (TPSA) is 74.3 Å². The number of rotatable bonds is 5. The zero-order chi connectivity index (χ0) is 22.5. The highest BCUT2D eigenvalue weighted by Crippen LogP contribution is 2.27. The van der Waals surface area contributed by atoms with Crippen molar-refractivity contribution in [2.45, 2.75) is 19.8 Å². The van der Waals surface area contributed by atoms with E-state index in [0.29, 0.717) is 35.9 Å². The third-order valence-corrected chi connectivity index (χ3v) is 6.37. The van der Waals surface area contributed by atoms with Crippen LogP contribution in [0.3, 0.4) is 0 Å². The number of aromatic nitrogens is 1. The van der Waals surface area contributed by atoms with Gasteiger partial charge in [0.05, 0.1) is 0 Å². The fourth-order valence-electron chi connectivity index (χ4n) is 3.76. The number of carbonyl (C=O) groups excluding carboxylic acids is 2. The predicted octanol–water partition coefficient (Wildman–Crippen LogP) is 4.93. The van der Waals surface area contributed by atoms with Gasteiger partial charge in [-0.05, 0) is 49.9 Å². The Kier molecular flexibility index (Phi) is 6.80. The van der Waals surface area contributed by atoms with Gasteiger partial charge in [-0.2, -0.15) is 0 Å². The zero-order valence-electron chi connectivity index (χ0n) is 17.8. The van der Waals surface area contributed by atoms with Crippen molar-refractivity contribution < 1.29 is 14.0 Å². The molecule has 0 spiro atoms. The maximum atomic E-state index is 14.0. The molecule has 1 unspecified atom stereocenters. The summed E-state index contributed by atoms with van der Waals surface area (Å²) in [4.78, 5) is 31.3. The molecule has 1 aliphatic rings. The molecule has 3 aromatic rings. The van der Waals surface area contributed by atoms with Crippen molar-refractivity contribution >= 4 is 29.0 Å². The molecule has 3 amide bonds. The molecule has 1 atom stereocenters. The van der Waals surface area contributed by atoms with Crippen molar-refractivity contribution in [1.29, 1.82) is 0 Å². The minimum absolute atomic E-state index is 0.155. The van der Waals surface area contributed by atoms with Crippen LogP contribution in [0.25, 0.3) is 10.6 Å². The van der Waals surface area contributed by atoms with Crippen molar-refractivity contribution in [3.05, 3.63) is 71.0 Å². The Hall–Kier alpha value is -3.26. The fraction of sp³-hybridized carbons (Fsp3) is 0.292. The summed E-state index contributed by atoms with van der Waals surface area (Å²) in [6.45, 7) is 3.68. The highest BCUT2D eigenvalue weighted by Gasteiger charge is 2.26. The standard InChI is InChI=1S/C24H25FN4O2S/c1-16-8-10-18(11-9-16)27-24(31)26-13-17-5-4-12-29(14-17)23(30)21-15-32-22(28-21)19-6-2-3-7-20(19)25/h2-3,6-11,15,17H,4-5,12-14H2,1H3,(H2,26,27,31). The van der Waals surface area contributed by atoms with E-state index in [-0.39, 0.29) is 23.7 Å². The van der Waals surface area contributed by atoms with Gasteiger partial charge in [0.15, 0.2) is 0 Å². The van der Waals surface area contributed by atoms with Crippen LogP contribution in [0.2, 0.25) is 0 Å². The van der Waals surface area contributed by atoms with Gasteiger partial charge in [0.25, 0.3) is 5.91 Å². The molecule has 0 radical (unpaired) electrons. The summed E-state index contributed by atoms with van der Waals surface area (Å²) >= 11 is 1.26. The summed E-state index contributed by atoms with van der Waals surface area (Å²) in [6, 6.07) is 13.8. The number of carbonyl (C=O) groups is 2. The normalized spacial score (nSPS) is 15.9. The van der Waals surface area contributed by atoms with Crippen LogP contribution in [0.5, 0.6) is 0 Å². The first-order valence-corrected chi connectivity index (χ1v) is 11.5. The van der Waals surface area contributed by atoms with Crippen LogP contribution in [0.1, 0.15) is 28.9 Å². The number of piperidine rings is 1. The molecular formula is C24H25FN4O2S. The Morgan fingerprint density at radius 2 is 1.97 bits per heavy atom. The first kappa shape index (κ1) is 22.0. The lowest BCUT2D eigenvalue weighted by atomic mass is 9.98. The maximum Gasteiger partial charge on any atom is 0.319 e. The highest BCUT2D eigenvalue weighted by atomic mass is 32.1. The number of aryl methyl sites for hydroxylation is 1. The Labute approximate surface area is 190 Å². The molecule has 0 aliphatic carbocycles. The van der Waals surface area contributed by atoms with Gasteiger partial charge in [-0.1, -0.05) is 29.8 Å². The number of hydrogen-bond acceptors (Lipinski definition) is 4. The molecule has 2 heterocycles. The minimum atomic E-state index is -0.353. The van der Waals surface area contributed by atoms with E-state index in [1.54, 1.807) is 28.5 Å². The average Bonchev–Trinajstić information content (AvgIpc) is 3.29. The van der Waals surface area contributed by atoms with Crippen LogP contribution in [-0.2, 0) is 0 Å². The van der Waals surface area contributed by atoms with E-state index >= 15 is 0 Å². The summed E-state index contributed by atoms with van der Waals surface area (Å²) < 4.78 is 14.0. The minimum Gasteiger partial charge on any atom is -0.338 e. The molecule has 0 saturated carbocycles. The zero-order valence-corrected chi connectivity index (χ0v) is 18.6. The largest absolute Gasteiger partial charge is 0.338 e. The summed E-state index contributed by atoms with van der Waals surface area (Å²) in [5.74, 6) is -0.340. The third-order valence-electron chi connectivity index (χ3n) is 5.49. The second-order valence-electron chi connectivity index (χ2n) is 7.98. The summed E-state index contributed by atoms with van der Waals surface area (Å²) in [6.07, 6.45) is 1.80. The molecule has 2 aromatic carbocycles. The predicted molar refractivity (Wildman–Crippen MR) is 124 cm³/mol. The number of amides is 3. The number of hydrogen-bond donors (Lipinski definition) is 2. The lowest BCUT2D eigenvalue weighted by molar-refractivity contribution is 0.0670. The van der Waals surface area contributed by atoms with Gasteiger partial charge >= 0.3 is 6.03 Å². The van der Waals surface area contributed by atoms with E-state index in [9.17, 15) is 14.0 Å². The Morgan fingerprint density at radius 3 is 2.75 bits per heavy atom. The summed E-state index contributed by atoms with van der Waals surface area (Å²) in [5.41, 5.74) is 2.60. The van der Waals surface area contributed by atoms with Crippen molar-refractivity contribution in [2.24, 2.45) is 5.92 Å². The van der Waals surface area contributed by atoms with Crippen LogP contribution >= 0.6 is 11.3 Å². The molecule has 6 nitrogen and oxygen atoms in total. The van der Waals surface area contributed by atoms with Crippen molar-refractivity contribution in [3.8, 4) is 10.6 Å².